The van der Waals surface area contributed by atoms with Gasteiger partial charge in [-0.1, -0.05) is 32.4 Å². The number of aromatic nitrogens is 2. The van der Waals surface area contributed by atoms with Crippen molar-refractivity contribution in [3.63, 3.8) is 0 Å². The summed E-state index contributed by atoms with van der Waals surface area (Å²) in [6.45, 7) is 8.42. The highest BCUT2D eigenvalue weighted by Crippen LogP contribution is 2.31. The van der Waals surface area contributed by atoms with Gasteiger partial charge in [0.05, 0.1) is 0 Å². The summed E-state index contributed by atoms with van der Waals surface area (Å²) in [4.78, 5) is 8.32. The van der Waals surface area contributed by atoms with Crippen molar-refractivity contribution in [2.45, 2.75) is 52.0 Å². The maximum absolute atomic E-state index is 9.15. The second kappa shape index (κ2) is 6.34. The van der Waals surface area contributed by atoms with Crippen LogP contribution in [0.5, 0.6) is 0 Å². The number of halogens is 1. The summed E-state index contributed by atoms with van der Waals surface area (Å²) < 4.78 is 0. The summed E-state index contributed by atoms with van der Waals surface area (Å²) in [5, 5.41) is 13.0. The van der Waals surface area contributed by atoms with Gasteiger partial charge in [-0.05, 0) is 25.7 Å². The second-order valence-corrected chi connectivity index (χ2v) is 5.45. The molecule has 4 nitrogen and oxygen atoms in total. The fraction of sp³-hybridized carbons (Fsp3) is 0.692. The van der Waals surface area contributed by atoms with Gasteiger partial charge in [0.2, 0.25) is 0 Å². The zero-order chi connectivity index (χ0) is 13.8. The summed E-state index contributed by atoms with van der Waals surface area (Å²) in [6, 6.07) is 0. The summed E-state index contributed by atoms with van der Waals surface area (Å²) in [6.07, 6.45) is 3.03. The minimum Gasteiger partial charge on any atom is -0.396 e. The van der Waals surface area contributed by atoms with Crippen LogP contribution in [0.1, 0.15) is 52.0 Å². The number of anilines is 1. The number of nitrogens with one attached hydrogen (secondary N) is 1. The molecule has 0 aliphatic carbocycles. The van der Waals surface area contributed by atoms with E-state index in [0.717, 1.165) is 17.8 Å². The van der Waals surface area contributed by atoms with E-state index in [1.807, 2.05) is 0 Å². The number of aliphatic hydroxyl groups is 1. The third kappa shape index (κ3) is 3.56. The highest BCUT2D eigenvalue weighted by molar-refractivity contribution is 6.30. The molecule has 5 heteroatoms. The number of nitrogens with zero attached hydrogens (tertiary/aromatic N) is 2. The molecular weight excluding hydrogens is 250 g/mol. The summed E-state index contributed by atoms with van der Waals surface area (Å²) in [5.74, 6) is 1.01. The quantitative estimate of drug-likeness (QED) is 0.780. The van der Waals surface area contributed by atoms with Crippen LogP contribution in [-0.4, -0.2) is 27.2 Å². The molecule has 1 atom stereocenters. The van der Waals surface area contributed by atoms with Crippen LogP contribution < -0.4 is 5.32 Å². The van der Waals surface area contributed by atoms with Crippen molar-refractivity contribution in [3.05, 3.63) is 17.0 Å². The first kappa shape index (κ1) is 15.2. The van der Waals surface area contributed by atoms with Gasteiger partial charge < -0.3 is 10.4 Å². The van der Waals surface area contributed by atoms with Gasteiger partial charge in [-0.3, -0.25) is 0 Å². The zero-order valence-corrected chi connectivity index (χ0v) is 12.3. The molecule has 0 aromatic carbocycles. The normalized spacial score (nSPS) is 14.6. The van der Waals surface area contributed by atoms with Crippen LogP contribution in [0.15, 0.2) is 6.33 Å². The van der Waals surface area contributed by atoms with E-state index in [1.54, 1.807) is 0 Å². The van der Waals surface area contributed by atoms with E-state index >= 15 is 0 Å². The van der Waals surface area contributed by atoms with Crippen molar-refractivity contribution < 1.29 is 5.11 Å². The largest absolute Gasteiger partial charge is 0.396 e. The molecule has 0 saturated heterocycles. The van der Waals surface area contributed by atoms with Gasteiger partial charge in [-0.2, -0.15) is 0 Å². The van der Waals surface area contributed by atoms with Crippen molar-refractivity contribution in [3.8, 4) is 0 Å². The molecular formula is C13H22ClN3O. The lowest BCUT2D eigenvalue weighted by molar-refractivity contribution is 0.251. The highest BCUT2D eigenvalue weighted by atomic mass is 35.5. The molecule has 1 unspecified atom stereocenters. The van der Waals surface area contributed by atoms with E-state index in [1.165, 1.54) is 6.33 Å². The van der Waals surface area contributed by atoms with Crippen LogP contribution in [0.4, 0.5) is 5.82 Å². The minimum absolute atomic E-state index is 0.146. The molecule has 2 N–H and O–H groups in total. The Morgan fingerprint density at radius 3 is 2.61 bits per heavy atom. The Morgan fingerprint density at radius 2 is 2.11 bits per heavy atom. The maximum atomic E-state index is 9.15. The first-order valence-electron chi connectivity index (χ1n) is 6.33. The molecule has 1 rings (SSSR count). The highest BCUT2D eigenvalue weighted by Gasteiger charge is 2.24. The first-order chi connectivity index (χ1) is 8.43. The Kier molecular flexibility index (Phi) is 5.35. The van der Waals surface area contributed by atoms with Gasteiger partial charge in [0.15, 0.2) is 0 Å². The lowest BCUT2D eigenvalue weighted by Crippen LogP contribution is -2.36. The van der Waals surface area contributed by atoms with Crippen molar-refractivity contribution >= 4 is 17.4 Å². The molecule has 1 heterocycles. The second-order valence-electron chi connectivity index (χ2n) is 5.09. The molecule has 0 saturated carbocycles. The summed E-state index contributed by atoms with van der Waals surface area (Å²) >= 11 is 6.13. The fourth-order valence-corrected chi connectivity index (χ4v) is 2.20. The van der Waals surface area contributed by atoms with E-state index in [-0.39, 0.29) is 18.1 Å². The smallest absolute Gasteiger partial charge is 0.138 e. The van der Waals surface area contributed by atoms with Gasteiger partial charge in [0, 0.05) is 17.7 Å². The van der Waals surface area contributed by atoms with Crippen molar-refractivity contribution in [2.75, 3.05) is 11.9 Å². The Hall–Kier alpha value is -0.870. The lowest BCUT2D eigenvalue weighted by atomic mass is 9.94. The van der Waals surface area contributed by atoms with E-state index in [9.17, 15) is 0 Å². The molecule has 0 amide bonds. The average Bonchev–Trinajstić information content (AvgIpc) is 2.28. The van der Waals surface area contributed by atoms with Crippen LogP contribution in [0.2, 0.25) is 5.15 Å². The third-order valence-corrected chi connectivity index (χ3v) is 3.58. The van der Waals surface area contributed by atoms with Gasteiger partial charge >= 0.3 is 0 Å². The van der Waals surface area contributed by atoms with Gasteiger partial charge in [-0.15, -0.1) is 0 Å². The minimum atomic E-state index is -0.184. The van der Waals surface area contributed by atoms with E-state index in [4.69, 9.17) is 16.7 Å². The van der Waals surface area contributed by atoms with E-state index in [0.29, 0.717) is 11.6 Å². The van der Waals surface area contributed by atoms with E-state index < -0.39 is 0 Å². The Bertz CT molecular complexity index is 398. The molecule has 0 aliphatic heterocycles. The average molecular weight is 272 g/mol. The number of rotatable bonds is 6. The fourth-order valence-electron chi connectivity index (χ4n) is 1.85. The van der Waals surface area contributed by atoms with Crippen LogP contribution in [-0.2, 0) is 0 Å². The zero-order valence-electron chi connectivity index (χ0n) is 11.5. The number of hydrogen-bond acceptors (Lipinski definition) is 4. The molecule has 18 heavy (non-hydrogen) atoms. The van der Waals surface area contributed by atoms with Gasteiger partial charge in [0.25, 0.3) is 0 Å². The Labute approximate surface area is 114 Å². The van der Waals surface area contributed by atoms with Crippen molar-refractivity contribution in [1.29, 1.82) is 0 Å². The van der Waals surface area contributed by atoms with Crippen LogP contribution in [0.3, 0.4) is 0 Å². The summed E-state index contributed by atoms with van der Waals surface area (Å²) in [5.41, 5.74) is 0.743. The Balaban J connectivity index is 3.06. The predicted molar refractivity (Wildman–Crippen MR) is 75.2 cm³/mol. The topological polar surface area (TPSA) is 58.0 Å². The van der Waals surface area contributed by atoms with E-state index in [2.05, 4.69) is 43.0 Å². The third-order valence-electron chi connectivity index (χ3n) is 3.28. The van der Waals surface area contributed by atoms with Crippen molar-refractivity contribution in [2.24, 2.45) is 0 Å². The number of hydrogen-bond donors (Lipinski definition) is 2. The molecule has 0 fully saturated rings. The molecule has 0 bridgehead atoms. The van der Waals surface area contributed by atoms with Crippen LogP contribution >= 0.6 is 11.6 Å². The molecule has 1 aromatic rings. The molecule has 0 spiro atoms. The number of aliphatic hydroxyl groups excluding tert-OH is 1. The van der Waals surface area contributed by atoms with Crippen LogP contribution in [0.25, 0.3) is 0 Å². The SMILES string of the molecule is CCC(C)(CCO)Nc1ncnc(Cl)c1C(C)C. The van der Waals surface area contributed by atoms with Gasteiger partial charge in [-0.25, -0.2) is 9.97 Å². The van der Waals surface area contributed by atoms with Crippen LogP contribution in [0, 0.1) is 0 Å². The first-order valence-corrected chi connectivity index (χ1v) is 6.70. The maximum Gasteiger partial charge on any atom is 0.138 e. The molecule has 0 radical (unpaired) electrons. The molecule has 0 aliphatic rings. The standard InChI is InChI=1S/C13H22ClN3O/c1-5-13(4,6-7-18)17-12-10(9(2)3)11(14)15-8-16-12/h8-9,18H,5-7H2,1-4H3,(H,15,16,17). The lowest BCUT2D eigenvalue weighted by Gasteiger charge is -2.31. The predicted octanol–water partition coefficient (Wildman–Crippen LogP) is 3.22. The monoisotopic (exact) mass is 271 g/mol. The van der Waals surface area contributed by atoms with Gasteiger partial charge in [0.1, 0.15) is 17.3 Å². The molecule has 1 aromatic heterocycles. The molecule has 102 valence electrons. The summed E-state index contributed by atoms with van der Waals surface area (Å²) in [7, 11) is 0. The Morgan fingerprint density at radius 1 is 1.44 bits per heavy atom. The van der Waals surface area contributed by atoms with Crippen molar-refractivity contribution in [1.82, 2.24) is 9.97 Å².